The molecule has 1 aliphatic rings. The molecule has 1 aromatic rings. The van der Waals surface area contributed by atoms with Crippen molar-refractivity contribution in [2.24, 2.45) is 0 Å². The topological polar surface area (TPSA) is 0 Å². The molecule has 0 aromatic heterocycles. The van der Waals surface area contributed by atoms with Gasteiger partial charge in [-0.2, -0.15) is 5.66 Å². The van der Waals surface area contributed by atoms with Crippen molar-refractivity contribution in [2.45, 2.75) is 37.8 Å². The molecule has 0 nitrogen and oxygen atoms in total. The molecule has 1 fully saturated rings. The molecular weight excluding hydrogens is 175 g/mol. The lowest BCUT2D eigenvalue weighted by atomic mass is 10.0. The molecule has 1 aliphatic carbocycles. The molecule has 0 radical (unpaired) electrons. The second-order valence-electron chi connectivity index (χ2n) is 3.76. The van der Waals surface area contributed by atoms with Crippen LogP contribution in [0, 0.1) is 0 Å². The van der Waals surface area contributed by atoms with Gasteiger partial charge in [0, 0.05) is 0 Å². The van der Waals surface area contributed by atoms with E-state index in [1.165, 1.54) is 37.4 Å². The minimum absolute atomic E-state index is 0.941. The average molecular weight is 191 g/mol. The normalized spacial score (nSPS) is 19.7. The van der Waals surface area contributed by atoms with Gasteiger partial charge in [-0.1, -0.05) is 62.4 Å². The molecule has 1 heteroatoms. The van der Waals surface area contributed by atoms with Crippen LogP contribution in [0.5, 0.6) is 0 Å². The molecule has 1 aromatic carbocycles. The van der Waals surface area contributed by atoms with Crippen LogP contribution in [0.15, 0.2) is 30.3 Å². The van der Waals surface area contributed by atoms with Crippen molar-refractivity contribution in [3.63, 3.8) is 0 Å². The van der Waals surface area contributed by atoms with Crippen LogP contribution in [0.25, 0.3) is 0 Å². The minimum atomic E-state index is 0.941. The molecule has 0 unspecified atom stereocenters. The zero-order chi connectivity index (χ0) is 8.93. The third kappa shape index (κ3) is 2.81. The number of hydrogen-bond acceptors (Lipinski definition) is 0. The number of hydrogen-bond donors (Lipinski definition) is 0. The fourth-order valence-electron chi connectivity index (χ4n) is 1.94. The fraction of sp³-hybridized carbons (Fsp3) is 0.500. The molecule has 1 saturated carbocycles. The summed E-state index contributed by atoms with van der Waals surface area (Å²) in [7, 11) is 1.56. The van der Waals surface area contributed by atoms with Crippen LogP contribution in [0.4, 0.5) is 0 Å². The summed E-state index contributed by atoms with van der Waals surface area (Å²) >= 11 is 0. The third-order valence-corrected chi connectivity index (χ3v) is 4.14. The predicted octanol–water partition coefficient (Wildman–Crippen LogP) is 3.59. The van der Waals surface area contributed by atoms with E-state index in [-0.39, 0.29) is 0 Å². The minimum Gasteiger partial charge on any atom is -0.503 e. The summed E-state index contributed by atoms with van der Waals surface area (Å²) in [4.78, 5) is 0. The fourth-order valence-corrected chi connectivity index (χ4v) is 3.32. The number of benzene rings is 1. The van der Waals surface area contributed by atoms with Gasteiger partial charge in [0.1, 0.15) is 0 Å². The Kier molecular flexibility index (Phi) is 3.38. The van der Waals surface area contributed by atoms with E-state index in [4.69, 9.17) is 0 Å². The third-order valence-electron chi connectivity index (χ3n) is 2.66. The van der Waals surface area contributed by atoms with Gasteiger partial charge >= 0.3 is 0 Å². The van der Waals surface area contributed by atoms with Gasteiger partial charge in [-0.3, -0.25) is 0 Å². The Labute approximate surface area is 82.5 Å². The SMILES string of the molecule is c1ccc([P-]C2CCCCC2)cc1. The van der Waals surface area contributed by atoms with Gasteiger partial charge in [0.05, 0.1) is 0 Å². The Morgan fingerprint density at radius 2 is 1.62 bits per heavy atom. The van der Waals surface area contributed by atoms with Crippen LogP contribution in [0.2, 0.25) is 0 Å². The second-order valence-corrected chi connectivity index (χ2v) is 5.26. The summed E-state index contributed by atoms with van der Waals surface area (Å²) in [6, 6.07) is 10.9. The van der Waals surface area contributed by atoms with Crippen LogP contribution in [0.1, 0.15) is 32.1 Å². The highest BCUT2D eigenvalue weighted by Gasteiger charge is 2.03. The van der Waals surface area contributed by atoms with Crippen molar-refractivity contribution in [3.8, 4) is 0 Å². The quantitative estimate of drug-likeness (QED) is 0.627. The zero-order valence-corrected chi connectivity index (χ0v) is 8.84. The van der Waals surface area contributed by atoms with E-state index in [1.807, 2.05) is 0 Å². The zero-order valence-electron chi connectivity index (χ0n) is 7.95. The van der Waals surface area contributed by atoms with Gasteiger partial charge < -0.3 is 8.58 Å². The van der Waals surface area contributed by atoms with Gasteiger partial charge in [-0.05, 0) is 0 Å². The Bertz CT molecular complexity index is 237. The molecule has 0 aliphatic heterocycles. The summed E-state index contributed by atoms with van der Waals surface area (Å²) in [5.41, 5.74) is 0.941. The van der Waals surface area contributed by atoms with E-state index in [2.05, 4.69) is 30.3 Å². The lowest BCUT2D eigenvalue weighted by molar-refractivity contribution is 0.514. The first-order chi connectivity index (χ1) is 6.45. The maximum atomic E-state index is 2.25. The largest absolute Gasteiger partial charge is 0.503 e. The summed E-state index contributed by atoms with van der Waals surface area (Å²) < 4.78 is 0. The lowest BCUT2D eigenvalue weighted by Crippen LogP contribution is -2.10. The average Bonchev–Trinajstić information content (AvgIpc) is 2.21. The monoisotopic (exact) mass is 191 g/mol. The summed E-state index contributed by atoms with van der Waals surface area (Å²) in [5, 5.41) is 1.49. The first-order valence-electron chi connectivity index (χ1n) is 5.21. The van der Waals surface area contributed by atoms with E-state index >= 15 is 0 Å². The van der Waals surface area contributed by atoms with Crippen LogP contribution in [0.3, 0.4) is 0 Å². The van der Waals surface area contributed by atoms with Crippen LogP contribution < -0.4 is 5.30 Å². The molecule has 0 bridgehead atoms. The molecule has 13 heavy (non-hydrogen) atoms. The van der Waals surface area contributed by atoms with Crippen molar-refractivity contribution >= 4 is 13.9 Å². The van der Waals surface area contributed by atoms with Crippen LogP contribution in [-0.2, 0) is 0 Å². The van der Waals surface area contributed by atoms with E-state index in [0.717, 1.165) is 5.66 Å². The standard InChI is InChI=1S/C12H16P/c1-3-7-11(8-4-1)13-12-9-5-2-6-10-12/h1,3-4,7-8,12H,2,5-6,9-10H2/q-1. The van der Waals surface area contributed by atoms with E-state index < -0.39 is 0 Å². The molecule has 0 heterocycles. The number of rotatable bonds is 2. The van der Waals surface area contributed by atoms with Crippen LogP contribution >= 0.6 is 8.58 Å². The predicted molar refractivity (Wildman–Crippen MR) is 59.9 cm³/mol. The highest BCUT2D eigenvalue weighted by Crippen LogP contribution is 2.31. The highest BCUT2D eigenvalue weighted by atomic mass is 31.1. The van der Waals surface area contributed by atoms with Crippen molar-refractivity contribution in [2.75, 3.05) is 0 Å². The van der Waals surface area contributed by atoms with Gasteiger partial charge in [0.2, 0.25) is 0 Å². The van der Waals surface area contributed by atoms with Crippen molar-refractivity contribution in [1.82, 2.24) is 0 Å². The van der Waals surface area contributed by atoms with E-state index in [9.17, 15) is 0 Å². The second kappa shape index (κ2) is 4.77. The maximum absolute atomic E-state index is 2.25. The molecule has 0 amide bonds. The van der Waals surface area contributed by atoms with E-state index in [0.29, 0.717) is 0 Å². The Balaban J connectivity index is 1.90. The molecule has 0 saturated heterocycles. The first kappa shape index (κ1) is 9.21. The molecule has 0 atom stereocenters. The van der Waals surface area contributed by atoms with Gasteiger partial charge in [-0.25, -0.2) is 5.30 Å². The summed E-state index contributed by atoms with van der Waals surface area (Å²) in [6.07, 6.45) is 7.24. The highest BCUT2D eigenvalue weighted by molar-refractivity contribution is 7.48. The Morgan fingerprint density at radius 1 is 0.923 bits per heavy atom. The smallest absolute Gasteiger partial charge is 0.0535 e. The summed E-state index contributed by atoms with van der Waals surface area (Å²) in [5.74, 6) is 0. The maximum Gasteiger partial charge on any atom is -0.0535 e. The molecule has 0 N–H and O–H groups in total. The molecular formula is C12H16P-. The van der Waals surface area contributed by atoms with Gasteiger partial charge in [0.15, 0.2) is 0 Å². The van der Waals surface area contributed by atoms with Crippen LogP contribution in [-0.4, -0.2) is 5.66 Å². The molecule has 70 valence electrons. The van der Waals surface area contributed by atoms with E-state index in [1.54, 1.807) is 8.58 Å². The first-order valence-corrected chi connectivity index (χ1v) is 6.17. The van der Waals surface area contributed by atoms with Gasteiger partial charge in [-0.15, -0.1) is 0 Å². The molecule has 0 spiro atoms. The van der Waals surface area contributed by atoms with Gasteiger partial charge in [0.25, 0.3) is 0 Å². The van der Waals surface area contributed by atoms with Crippen molar-refractivity contribution in [3.05, 3.63) is 30.3 Å². The van der Waals surface area contributed by atoms with Crippen molar-refractivity contribution in [1.29, 1.82) is 0 Å². The van der Waals surface area contributed by atoms with Crippen molar-refractivity contribution < 1.29 is 0 Å². The Hall–Kier alpha value is -0.350. The molecule has 2 rings (SSSR count). The summed E-state index contributed by atoms with van der Waals surface area (Å²) in [6.45, 7) is 0. The Morgan fingerprint density at radius 3 is 2.31 bits per heavy atom. The lowest BCUT2D eigenvalue weighted by Gasteiger charge is -2.34.